The van der Waals surface area contributed by atoms with E-state index >= 15 is 0 Å². The van der Waals surface area contributed by atoms with Gasteiger partial charge in [-0.25, -0.2) is 0 Å². The van der Waals surface area contributed by atoms with Gasteiger partial charge in [0, 0.05) is 30.8 Å². The largest absolute Gasteiger partial charge is 0.348 e. The summed E-state index contributed by atoms with van der Waals surface area (Å²) in [7, 11) is 0. The van der Waals surface area contributed by atoms with Crippen LogP contribution in [0.25, 0.3) is 0 Å². The predicted octanol–water partition coefficient (Wildman–Crippen LogP) is 3.41. The van der Waals surface area contributed by atoms with E-state index in [2.05, 4.69) is 5.32 Å². The summed E-state index contributed by atoms with van der Waals surface area (Å²) < 4.78 is 0. The zero-order chi connectivity index (χ0) is 17.5. The van der Waals surface area contributed by atoms with Gasteiger partial charge in [-0.3, -0.25) is 9.59 Å². The van der Waals surface area contributed by atoms with Crippen molar-refractivity contribution in [2.75, 3.05) is 13.1 Å². The standard InChI is InChI=1S/C20H24N2O2/c1-4-22(5-2)20(24)18-11-7-10-17(13-18)19(23)21-14-16-9-6-8-15(3)12-16/h6-13H,4-5,14H2,1-3H3,(H,21,23). The molecule has 2 aromatic rings. The molecule has 0 bridgehead atoms. The van der Waals surface area contributed by atoms with Crippen LogP contribution >= 0.6 is 0 Å². The normalized spacial score (nSPS) is 10.3. The first-order chi connectivity index (χ1) is 11.5. The Morgan fingerprint density at radius 2 is 1.62 bits per heavy atom. The first-order valence-corrected chi connectivity index (χ1v) is 8.28. The van der Waals surface area contributed by atoms with Gasteiger partial charge in [0.05, 0.1) is 0 Å². The third-order valence-corrected chi connectivity index (χ3v) is 3.96. The summed E-state index contributed by atoms with van der Waals surface area (Å²) in [4.78, 5) is 26.5. The average molecular weight is 324 g/mol. The Morgan fingerprint density at radius 1 is 0.958 bits per heavy atom. The highest BCUT2D eigenvalue weighted by Crippen LogP contribution is 2.10. The van der Waals surface area contributed by atoms with Crippen LogP contribution in [0.1, 0.15) is 45.7 Å². The molecule has 4 nitrogen and oxygen atoms in total. The highest BCUT2D eigenvalue weighted by molar-refractivity contribution is 5.99. The minimum Gasteiger partial charge on any atom is -0.348 e. The molecule has 126 valence electrons. The lowest BCUT2D eigenvalue weighted by molar-refractivity contribution is 0.0773. The minimum absolute atomic E-state index is 0.0478. The fraction of sp³-hybridized carbons (Fsp3) is 0.300. The highest BCUT2D eigenvalue weighted by Gasteiger charge is 2.14. The second-order valence-corrected chi connectivity index (χ2v) is 5.73. The van der Waals surface area contributed by atoms with Crippen LogP contribution in [0.15, 0.2) is 48.5 Å². The Balaban J connectivity index is 2.07. The molecule has 4 heteroatoms. The molecule has 1 N–H and O–H groups in total. The van der Waals surface area contributed by atoms with E-state index in [1.807, 2.05) is 45.0 Å². The van der Waals surface area contributed by atoms with Crippen molar-refractivity contribution in [2.24, 2.45) is 0 Å². The van der Waals surface area contributed by atoms with E-state index in [1.54, 1.807) is 29.2 Å². The van der Waals surface area contributed by atoms with Gasteiger partial charge in [-0.15, -0.1) is 0 Å². The summed E-state index contributed by atoms with van der Waals surface area (Å²) in [5.74, 6) is -0.223. The van der Waals surface area contributed by atoms with Crippen molar-refractivity contribution >= 4 is 11.8 Å². The lowest BCUT2D eigenvalue weighted by Crippen LogP contribution is -2.30. The Morgan fingerprint density at radius 3 is 2.29 bits per heavy atom. The number of carbonyl (C=O) groups is 2. The Hall–Kier alpha value is -2.62. The number of nitrogens with one attached hydrogen (secondary N) is 1. The van der Waals surface area contributed by atoms with E-state index in [9.17, 15) is 9.59 Å². The molecule has 0 saturated carbocycles. The first-order valence-electron chi connectivity index (χ1n) is 8.28. The van der Waals surface area contributed by atoms with E-state index in [-0.39, 0.29) is 11.8 Å². The monoisotopic (exact) mass is 324 g/mol. The fourth-order valence-electron chi connectivity index (χ4n) is 2.59. The first kappa shape index (κ1) is 17.7. The Bertz CT molecular complexity index is 721. The van der Waals surface area contributed by atoms with Crippen molar-refractivity contribution < 1.29 is 9.59 Å². The molecule has 2 aromatic carbocycles. The molecule has 0 radical (unpaired) electrons. The minimum atomic E-state index is -0.175. The molecule has 0 fully saturated rings. The second-order valence-electron chi connectivity index (χ2n) is 5.73. The number of rotatable bonds is 6. The number of aryl methyl sites for hydroxylation is 1. The van der Waals surface area contributed by atoms with Crippen molar-refractivity contribution in [1.82, 2.24) is 10.2 Å². The zero-order valence-corrected chi connectivity index (χ0v) is 14.5. The van der Waals surface area contributed by atoms with E-state index in [4.69, 9.17) is 0 Å². The topological polar surface area (TPSA) is 49.4 Å². The van der Waals surface area contributed by atoms with Gasteiger partial charge >= 0.3 is 0 Å². The van der Waals surface area contributed by atoms with Gasteiger partial charge in [-0.1, -0.05) is 35.9 Å². The molecule has 0 heterocycles. The highest BCUT2D eigenvalue weighted by atomic mass is 16.2. The zero-order valence-electron chi connectivity index (χ0n) is 14.5. The van der Waals surface area contributed by atoms with Gasteiger partial charge in [0.25, 0.3) is 11.8 Å². The number of benzene rings is 2. The quantitative estimate of drug-likeness (QED) is 0.885. The second kappa shape index (κ2) is 8.29. The van der Waals surface area contributed by atoms with Crippen molar-refractivity contribution in [3.8, 4) is 0 Å². The molecular weight excluding hydrogens is 300 g/mol. The summed E-state index contributed by atoms with van der Waals surface area (Å²) in [5, 5.41) is 2.90. The maximum absolute atomic E-state index is 12.4. The summed E-state index contributed by atoms with van der Waals surface area (Å²) in [6.07, 6.45) is 0. The van der Waals surface area contributed by atoms with Crippen LogP contribution < -0.4 is 5.32 Å². The average Bonchev–Trinajstić information content (AvgIpc) is 2.61. The molecule has 0 aliphatic carbocycles. The molecule has 0 saturated heterocycles. The van der Waals surface area contributed by atoms with Gasteiger partial charge in [0.15, 0.2) is 0 Å². The van der Waals surface area contributed by atoms with Crippen LogP contribution in [0.4, 0.5) is 0 Å². The van der Waals surface area contributed by atoms with E-state index < -0.39 is 0 Å². The van der Waals surface area contributed by atoms with Gasteiger partial charge in [0.2, 0.25) is 0 Å². The van der Waals surface area contributed by atoms with Crippen LogP contribution in [-0.2, 0) is 6.54 Å². The number of hydrogen-bond donors (Lipinski definition) is 1. The summed E-state index contributed by atoms with van der Waals surface area (Å²) in [5.41, 5.74) is 3.26. The van der Waals surface area contributed by atoms with Crippen LogP contribution in [0.5, 0.6) is 0 Å². The van der Waals surface area contributed by atoms with E-state index in [0.29, 0.717) is 30.8 Å². The predicted molar refractivity (Wildman–Crippen MR) is 96.0 cm³/mol. The maximum atomic E-state index is 12.4. The van der Waals surface area contributed by atoms with Crippen LogP contribution in [-0.4, -0.2) is 29.8 Å². The van der Waals surface area contributed by atoms with Crippen molar-refractivity contribution in [2.45, 2.75) is 27.3 Å². The van der Waals surface area contributed by atoms with Crippen LogP contribution in [0.3, 0.4) is 0 Å². The third kappa shape index (κ3) is 4.44. The van der Waals surface area contributed by atoms with Gasteiger partial charge in [-0.05, 0) is 44.5 Å². The lowest BCUT2D eigenvalue weighted by Gasteiger charge is -2.18. The number of carbonyl (C=O) groups excluding carboxylic acids is 2. The summed E-state index contributed by atoms with van der Waals surface area (Å²) in [6.45, 7) is 7.68. The molecule has 0 aliphatic rings. The SMILES string of the molecule is CCN(CC)C(=O)c1cccc(C(=O)NCc2cccc(C)c2)c1. The number of amides is 2. The smallest absolute Gasteiger partial charge is 0.253 e. The van der Waals surface area contributed by atoms with Crippen molar-refractivity contribution in [1.29, 1.82) is 0 Å². The Kier molecular flexibility index (Phi) is 6.13. The van der Waals surface area contributed by atoms with Gasteiger partial charge in [0.1, 0.15) is 0 Å². The molecule has 0 aromatic heterocycles. The lowest BCUT2D eigenvalue weighted by atomic mass is 10.1. The molecule has 24 heavy (non-hydrogen) atoms. The summed E-state index contributed by atoms with van der Waals surface area (Å²) >= 11 is 0. The molecule has 2 amide bonds. The van der Waals surface area contributed by atoms with Crippen molar-refractivity contribution in [3.05, 3.63) is 70.8 Å². The molecule has 0 aliphatic heterocycles. The summed E-state index contributed by atoms with van der Waals surface area (Å²) in [6, 6.07) is 14.9. The van der Waals surface area contributed by atoms with Gasteiger partial charge in [-0.2, -0.15) is 0 Å². The number of nitrogens with zero attached hydrogens (tertiary/aromatic N) is 1. The molecule has 2 rings (SSSR count). The Labute approximate surface area is 143 Å². The third-order valence-electron chi connectivity index (χ3n) is 3.96. The fourth-order valence-corrected chi connectivity index (χ4v) is 2.59. The van der Waals surface area contributed by atoms with Crippen molar-refractivity contribution in [3.63, 3.8) is 0 Å². The van der Waals surface area contributed by atoms with Crippen LogP contribution in [0, 0.1) is 6.92 Å². The molecule has 0 spiro atoms. The van der Waals surface area contributed by atoms with E-state index in [0.717, 1.165) is 11.1 Å². The molecular formula is C20H24N2O2. The van der Waals surface area contributed by atoms with Crippen LogP contribution in [0.2, 0.25) is 0 Å². The molecule has 0 unspecified atom stereocenters. The maximum Gasteiger partial charge on any atom is 0.253 e. The number of hydrogen-bond acceptors (Lipinski definition) is 2. The van der Waals surface area contributed by atoms with E-state index in [1.165, 1.54) is 0 Å². The van der Waals surface area contributed by atoms with Gasteiger partial charge < -0.3 is 10.2 Å². The molecule has 0 atom stereocenters.